The summed E-state index contributed by atoms with van der Waals surface area (Å²) in [7, 11) is 0. The first-order valence-electron chi connectivity index (χ1n) is 7.41. The number of fused-ring (bicyclic) bond motifs is 1. The van der Waals surface area contributed by atoms with Crippen molar-refractivity contribution < 1.29 is 9.53 Å². The summed E-state index contributed by atoms with van der Waals surface area (Å²) in [6.45, 7) is 7.25. The van der Waals surface area contributed by atoms with E-state index in [1.54, 1.807) is 0 Å². The Balaban J connectivity index is 1.87. The van der Waals surface area contributed by atoms with Gasteiger partial charge in [0, 0.05) is 25.2 Å². The van der Waals surface area contributed by atoms with E-state index < -0.39 is 0 Å². The van der Waals surface area contributed by atoms with Gasteiger partial charge in [0.2, 0.25) is 0 Å². The predicted octanol–water partition coefficient (Wildman–Crippen LogP) is 1.58. The number of nitrogens with zero attached hydrogens (tertiary/aromatic N) is 1. The SMILES string of the molecule is CC1CN(C(=O)c2cccc3c2CCNC3)CC(C)O1. The van der Waals surface area contributed by atoms with Crippen LogP contribution in [0.5, 0.6) is 0 Å². The predicted molar refractivity (Wildman–Crippen MR) is 77.8 cm³/mol. The second-order valence-corrected chi connectivity index (χ2v) is 5.84. The summed E-state index contributed by atoms with van der Waals surface area (Å²) < 4.78 is 5.71. The molecule has 1 N–H and O–H groups in total. The van der Waals surface area contributed by atoms with Gasteiger partial charge < -0.3 is 15.0 Å². The highest BCUT2D eigenvalue weighted by atomic mass is 16.5. The van der Waals surface area contributed by atoms with Crippen molar-refractivity contribution in [2.45, 2.75) is 39.0 Å². The van der Waals surface area contributed by atoms with Crippen LogP contribution in [-0.4, -0.2) is 42.6 Å². The number of amides is 1. The lowest BCUT2D eigenvalue weighted by Crippen LogP contribution is -2.48. The minimum atomic E-state index is 0.115. The molecule has 0 aliphatic carbocycles. The molecule has 2 atom stereocenters. The van der Waals surface area contributed by atoms with Crippen molar-refractivity contribution in [1.82, 2.24) is 10.2 Å². The zero-order valence-electron chi connectivity index (χ0n) is 12.2. The highest BCUT2D eigenvalue weighted by Crippen LogP contribution is 2.22. The van der Waals surface area contributed by atoms with E-state index in [1.807, 2.05) is 30.9 Å². The number of benzene rings is 1. The van der Waals surface area contributed by atoms with E-state index in [2.05, 4.69) is 11.4 Å². The van der Waals surface area contributed by atoms with Crippen molar-refractivity contribution in [3.63, 3.8) is 0 Å². The van der Waals surface area contributed by atoms with Crippen molar-refractivity contribution in [1.29, 1.82) is 0 Å². The summed E-state index contributed by atoms with van der Waals surface area (Å²) in [6.07, 6.45) is 1.17. The summed E-state index contributed by atoms with van der Waals surface area (Å²) in [5, 5.41) is 3.36. The van der Waals surface area contributed by atoms with Crippen molar-refractivity contribution in [3.05, 3.63) is 34.9 Å². The van der Waals surface area contributed by atoms with E-state index in [4.69, 9.17) is 4.74 Å². The van der Waals surface area contributed by atoms with Gasteiger partial charge in [0.25, 0.3) is 5.91 Å². The number of rotatable bonds is 1. The van der Waals surface area contributed by atoms with E-state index in [9.17, 15) is 4.79 Å². The van der Waals surface area contributed by atoms with E-state index in [0.717, 1.165) is 25.1 Å². The highest BCUT2D eigenvalue weighted by Gasteiger charge is 2.28. The first kappa shape index (κ1) is 13.6. The Morgan fingerprint density at radius 3 is 2.80 bits per heavy atom. The van der Waals surface area contributed by atoms with Crippen molar-refractivity contribution >= 4 is 5.91 Å². The van der Waals surface area contributed by atoms with Crippen LogP contribution in [0.1, 0.15) is 35.3 Å². The molecule has 1 fully saturated rings. The smallest absolute Gasteiger partial charge is 0.254 e. The maximum Gasteiger partial charge on any atom is 0.254 e. The number of carbonyl (C=O) groups is 1. The quantitative estimate of drug-likeness (QED) is 0.845. The van der Waals surface area contributed by atoms with Crippen molar-refractivity contribution in [2.24, 2.45) is 0 Å². The van der Waals surface area contributed by atoms with Gasteiger partial charge in [-0.15, -0.1) is 0 Å². The average molecular weight is 274 g/mol. The second kappa shape index (κ2) is 5.54. The number of hydrogen-bond acceptors (Lipinski definition) is 3. The Labute approximate surface area is 120 Å². The molecule has 0 saturated carbocycles. The Hall–Kier alpha value is -1.39. The molecule has 1 aromatic carbocycles. The molecule has 108 valence electrons. The Morgan fingerprint density at radius 1 is 1.30 bits per heavy atom. The summed E-state index contributed by atoms with van der Waals surface area (Å²) in [5.41, 5.74) is 3.37. The maximum atomic E-state index is 12.8. The minimum Gasteiger partial charge on any atom is -0.372 e. The van der Waals surface area contributed by atoms with Crippen LogP contribution in [0.3, 0.4) is 0 Å². The Kier molecular flexibility index (Phi) is 3.76. The summed E-state index contributed by atoms with van der Waals surface area (Å²) in [5.74, 6) is 0.158. The van der Waals surface area contributed by atoms with E-state index in [1.165, 1.54) is 11.1 Å². The molecule has 2 aliphatic rings. The first-order valence-corrected chi connectivity index (χ1v) is 7.41. The van der Waals surface area contributed by atoms with Crippen LogP contribution in [0.25, 0.3) is 0 Å². The number of nitrogens with one attached hydrogen (secondary N) is 1. The van der Waals surface area contributed by atoms with Crippen LogP contribution < -0.4 is 5.32 Å². The molecular weight excluding hydrogens is 252 g/mol. The van der Waals surface area contributed by atoms with Gasteiger partial charge in [-0.2, -0.15) is 0 Å². The average Bonchev–Trinajstić information content (AvgIpc) is 2.45. The van der Waals surface area contributed by atoms with Gasteiger partial charge in [-0.25, -0.2) is 0 Å². The molecule has 0 radical (unpaired) electrons. The number of carbonyl (C=O) groups excluding carboxylic acids is 1. The molecule has 0 spiro atoms. The van der Waals surface area contributed by atoms with Gasteiger partial charge in [0.15, 0.2) is 0 Å². The lowest BCUT2D eigenvalue weighted by atomic mass is 9.94. The molecule has 1 aromatic rings. The number of ether oxygens (including phenoxy) is 1. The fourth-order valence-corrected chi connectivity index (χ4v) is 3.25. The molecule has 3 rings (SSSR count). The minimum absolute atomic E-state index is 0.115. The summed E-state index contributed by atoms with van der Waals surface area (Å²) in [4.78, 5) is 14.8. The van der Waals surface area contributed by atoms with Gasteiger partial charge in [-0.05, 0) is 44.0 Å². The number of hydrogen-bond donors (Lipinski definition) is 1. The van der Waals surface area contributed by atoms with Crippen LogP contribution in [0.15, 0.2) is 18.2 Å². The van der Waals surface area contributed by atoms with Gasteiger partial charge in [-0.1, -0.05) is 12.1 Å². The fourth-order valence-electron chi connectivity index (χ4n) is 3.25. The van der Waals surface area contributed by atoms with E-state index in [0.29, 0.717) is 13.1 Å². The lowest BCUT2D eigenvalue weighted by Gasteiger charge is -2.36. The zero-order chi connectivity index (χ0) is 14.1. The molecule has 4 heteroatoms. The third kappa shape index (κ3) is 2.58. The Morgan fingerprint density at radius 2 is 2.05 bits per heavy atom. The molecule has 20 heavy (non-hydrogen) atoms. The third-order valence-electron chi connectivity index (χ3n) is 4.08. The molecule has 2 unspecified atom stereocenters. The second-order valence-electron chi connectivity index (χ2n) is 5.84. The molecule has 2 heterocycles. The number of morpholine rings is 1. The van der Waals surface area contributed by atoms with Crippen LogP contribution in [0.4, 0.5) is 0 Å². The normalized spacial score (nSPS) is 26.2. The van der Waals surface area contributed by atoms with Crippen LogP contribution in [0, 0.1) is 0 Å². The maximum absolute atomic E-state index is 12.8. The lowest BCUT2D eigenvalue weighted by molar-refractivity contribution is -0.0586. The first-order chi connectivity index (χ1) is 9.65. The van der Waals surface area contributed by atoms with E-state index in [-0.39, 0.29) is 18.1 Å². The van der Waals surface area contributed by atoms with Gasteiger partial charge in [-0.3, -0.25) is 4.79 Å². The zero-order valence-corrected chi connectivity index (χ0v) is 12.2. The van der Waals surface area contributed by atoms with Crippen LogP contribution >= 0.6 is 0 Å². The third-order valence-corrected chi connectivity index (χ3v) is 4.08. The molecule has 0 aromatic heterocycles. The summed E-state index contributed by atoms with van der Waals surface area (Å²) in [6, 6.07) is 6.08. The van der Waals surface area contributed by atoms with Crippen LogP contribution in [-0.2, 0) is 17.7 Å². The molecular formula is C16H22N2O2. The molecule has 0 bridgehead atoms. The van der Waals surface area contributed by atoms with Crippen LogP contribution in [0.2, 0.25) is 0 Å². The molecule has 2 aliphatic heterocycles. The standard InChI is InChI=1S/C16H22N2O2/c1-11-9-18(10-12(2)20-11)16(19)15-5-3-4-13-8-17-7-6-14(13)15/h3-5,11-12,17H,6-10H2,1-2H3. The monoisotopic (exact) mass is 274 g/mol. The largest absolute Gasteiger partial charge is 0.372 e. The van der Waals surface area contributed by atoms with E-state index >= 15 is 0 Å². The Bertz CT molecular complexity index is 505. The van der Waals surface area contributed by atoms with Gasteiger partial charge in [0.1, 0.15) is 0 Å². The summed E-state index contributed by atoms with van der Waals surface area (Å²) >= 11 is 0. The van der Waals surface area contributed by atoms with Crippen molar-refractivity contribution in [3.8, 4) is 0 Å². The van der Waals surface area contributed by atoms with Gasteiger partial charge >= 0.3 is 0 Å². The highest BCUT2D eigenvalue weighted by molar-refractivity contribution is 5.96. The molecule has 1 saturated heterocycles. The topological polar surface area (TPSA) is 41.6 Å². The van der Waals surface area contributed by atoms with Crippen molar-refractivity contribution in [2.75, 3.05) is 19.6 Å². The van der Waals surface area contributed by atoms with Gasteiger partial charge in [0.05, 0.1) is 12.2 Å². The fraction of sp³-hybridized carbons (Fsp3) is 0.562. The molecule has 4 nitrogen and oxygen atoms in total. The molecule has 1 amide bonds.